The number of ether oxygens (including phenoxy) is 2. The third kappa shape index (κ3) is 2.91. The van der Waals surface area contributed by atoms with Crippen molar-refractivity contribution in [2.24, 2.45) is 28.6 Å². The first kappa shape index (κ1) is 25.9. The van der Waals surface area contributed by atoms with Crippen LogP contribution in [0.3, 0.4) is 0 Å². The molecule has 5 rings (SSSR count). The van der Waals surface area contributed by atoms with Crippen LogP contribution in [-0.4, -0.2) is 56.7 Å². The Balaban J connectivity index is 1.58. The fourth-order valence-electron chi connectivity index (χ4n) is 9.12. The molecule has 4 saturated carbocycles. The highest BCUT2D eigenvalue weighted by atomic mass is 35.5. The van der Waals surface area contributed by atoms with Gasteiger partial charge in [0.1, 0.15) is 12.2 Å². The zero-order chi connectivity index (χ0) is 26.3. The van der Waals surface area contributed by atoms with Crippen LogP contribution in [0.15, 0.2) is 23.8 Å². The number of aliphatic hydroxyl groups is 2. The van der Waals surface area contributed by atoms with Gasteiger partial charge in [-0.3, -0.25) is 14.4 Å². The van der Waals surface area contributed by atoms with E-state index in [1.165, 1.54) is 0 Å². The monoisotopic (exact) mass is 520 g/mol. The summed E-state index contributed by atoms with van der Waals surface area (Å²) < 4.78 is 11.6. The third-order valence-electron chi connectivity index (χ3n) is 10.5. The molecule has 0 aromatic carbocycles. The van der Waals surface area contributed by atoms with E-state index in [-0.39, 0.29) is 55.8 Å². The van der Waals surface area contributed by atoms with E-state index in [2.05, 4.69) is 0 Å². The molecule has 0 aliphatic heterocycles. The summed E-state index contributed by atoms with van der Waals surface area (Å²) in [5, 5.41) is 23.7. The van der Waals surface area contributed by atoms with Crippen LogP contribution < -0.4 is 0 Å². The summed E-state index contributed by atoms with van der Waals surface area (Å²) in [6.07, 6.45) is 7.01. The lowest BCUT2D eigenvalue weighted by molar-refractivity contribution is -0.349. The second-order valence-corrected chi connectivity index (χ2v) is 12.6. The highest BCUT2D eigenvalue weighted by molar-refractivity contribution is 6.26. The number of alkyl halides is 1. The Bertz CT molecular complexity index is 1070. The Morgan fingerprint density at radius 1 is 1.19 bits per heavy atom. The first-order chi connectivity index (χ1) is 16.8. The van der Waals surface area contributed by atoms with Crippen molar-refractivity contribution in [1.82, 2.24) is 0 Å². The van der Waals surface area contributed by atoms with Crippen molar-refractivity contribution in [2.45, 2.75) is 94.8 Å². The highest BCUT2D eigenvalue weighted by Gasteiger charge is 2.87. The molecule has 7 nitrogen and oxygen atoms in total. The molecule has 0 heterocycles. The van der Waals surface area contributed by atoms with Crippen molar-refractivity contribution in [3.8, 4) is 0 Å². The maximum Gasteiger partial charge on any atom is 0.306 e. The third-order valence-corrected chi connectivity index (χ3v) is 11.5. The molecular formula is C28H37ClO7. The lowest BCUT2D eigenvalue weighted by atomic mass is 9.37. The fourth-order valence-corrected chi connectivity index (χ4v) is 9.64. The molecule has 5 aliphatic rings. The van der Waals surface area contributed by atoms with Gasteiger partial charge < -0.3 is 19.7 Å². The molecule has 9 atom stereocenters. The van der Waals surface area contributed by atoms with Gasteiger partial charge in [0, 0.05) is 23.7 Å². The molecule has 8 heteroatoms. The number of halogens is 1. The lowest BCUT2D eigenvalue weighted by Gasteiger charge is -2.72. The van der Waals surface area contributed by atoms with Gasteiger partial charge in [-0.15, -0.1) is 11.6 Å². The average molecular weight is 521 g/mol. The number of ketones is 1. The molecule has 36 heavy (non-hydrogen) atoms. The van der Waals surface area contributed by atoms with Gasteiger partial charge in [0.15, 0.2) is 11.4 Å². The summed E-state index contributed by atoms with van der Waals surface area (Å²) in [6, 6.07) is 0. The number of esters is 2. The van der Waals surface area contributed by atoms with Gasteiger partial charge in [0.25, 0.3) is 0 Å². The van der Waals surface area contributed by atoms with Crippen molar-refractivity contribution < 1.29 is 34.1 Å². The summed E-state index contributed by atoms with van der Waals surface area (Å²) in [6.45, 7) is 7.13. The predicted octanol–water partition coefficient (Wildman–Crippen LogP) is 3.63. The molecule has 5 aliphatic carbocycles. The SMILES string of the molecule is CCC(=O)OC[C@]1(O)C[C@]23C[C@H](O)[C@@]4(Cl)[C@@H](CCC5=CC(=O)C=C[C@@]54C)[C@@H]2C[C@@H](C)[C@]13OC(=O)CC. The van der Waals surface area contributed by atoms with Crippen LogP contribution in [0.1, 0.15) is 72.6 Å². The number of allylic oxidation sites excluding steroid dienone is 4. The topological polar surface area (TPSA) is 110 Å². The molecule has 0 aromatic heterocycles. The van der Waals surface area contributed by atoms with E-state index in [1.54, 1.807) is 26.0 Å². The Hall–Kier alpha value is -1.70. The molecule has 4 fully saturated rings. The summed E-state index contributed by atoms with van der Waals surface area (Å²) >= 11 is 7.52. The molecule has 1 spiro atoms. The van der Waals surface area contributed by atoms with Crippen LogP contribution in [0, 0.1) is 28.6 Å². The van der Waals surface area contributed by atoms with E-state index in [1.807, 2.05) is 19.9 Å². The highest BCUT2D eigenvalue weighted by Crippen LogP contribution is 2.80. The molecular weight excluding hydrogens is 484 g/mol. The van der Waals surface area contributed by atoms with Gasteiger partial charge in [-0.1, -0.05) is 39.3 Å². The van der Waals surface area contributed by atoms with Gasteiger partial charge in [0.05, 0.1) is 11.0 Å². The number of rotatable bonds is 5. The molecule has 0 amide bonds. The van der Waals surface area contributed by atoms with E-state index < -0.39 is 44.9 Å². The molecule has 0 saturated heterocycles. The minimum absolute atomic E-state index is 0.00962. The van der Waals surface area contributed by atoms with Gasteiger partial charge in [-0.2, -0.15) is 0 Å². The van der Waals surface area contributed by atoms with Gasteiger partial charge in [0.2, 0.25) is 0 Å². The van der Waals surface area contributed by atoms with Crippen molar-refractivity contribution in [3.63, 3.8) is 0 Å². The zero-order valence-corrected chi connectivity index (χ0v) is 22.3. The Kier molecular flexibility index (Phi) is 5.87. The maximum atomic E-state index is 12.8. The zero-order valence-electron chi connectivity index (χ0n) is 21.5. The smallest absolute Gasteiger partial charge is 0.306 e. The lowest BCUT2D eigenvalue weighted by Crippen LogP contribution is -2.82. The standard InChI is InChI=1S/C28H37ClO7/c1-5-22(32)35-15-26(34)14-25-13-21(31)27(29)19(8-7-17-12-18(30)9-10-24(17,27)4)20(25)11-16(3)28(25,26)36-23(33)6-2/h9-10,12,16,19-21,31,34H,5-8,11,13-15H2,1-4H3/t16-,19+,20+,21+,24+,25-,26-,27+,28-/m1/s1. The number of aliphatic hydroxyl groups excluding tert-OH is 1. The van der Waals surface area contributed by atoms with Gasteiger partial charge >= 0.3 is 11.9 Å². The van der Waals surface area contributed by atoms with Crippen LogP contribution in [0.4, 0.5) is 0 Å². The van der Waals surface area contributed by atoms with Crippen LogP contribution in [0.5, 0.6) is 0 Å². The van der Waals surface area contributed by atoms with Crippen molar-refractivity contribution in [2.75, 3.05) is 6.61 Å². The molecule has 0 unspecified atom stereocenters. The second-order valence-electron chi connectivity index (χ2n) is 11.9. The molecule has 0 aromatic rings. The number of hydrogen-bond donors (Lipinski definition) is 2. The van der Waals surface area contributed by atoms with E-state index in [9.17, 15) is 24.6 Å². The van der Waals surface area contributed by atoms with E-state index in [0.717, 1.165) is 5.57 Å². The molecule has 2 N–H and O–H groups in total. The van der Waals surface area contributed by atoms with E-state index >= 15 is 0 Å². The average Bonchev–Trinajstić information content (AvgIpc) is 3.03. The molecule has 0 bridgehead atoms. The molecule has 0 radical (unpaired) electrons. The minimum Gasteiger partial charge on any atom is -0.462 e. The van der Waals surface area contributed by atoms with Gasteiger partial charge in [-0.25, -0.2) is 0 Å². The number of fused-ring (bicyclic) bond motifs is 4. The largest absolute Gasteiger partial charge is 0.462 e. The van der Waals surface area contributed by atoms with Gasteiger partial charge in [-0.05, 0) is 62.0 Å². The van der Waals surface area contributed by atoms with E-state index in [4.69, 9.17) is 21.1 Å². The number of carbonyl (C=O) groups excluding carboxylic acids is 3. The Morgan fingerprint density at radius 3 is 2.56 bits per heavy atom. The van der Waals surface area contributed by atoms with Crippen molar-refractivity contribution in [3.05, 3.63) is 23.8 Å². The molecule has 198 valence electrons. The maximum absolute atomic E-state index is 12.8. The van der Waals surface area contributed by atoms with Crippen LogP contribution in [0.25, 0.3) is 0 Å². The predicted molar refractivity (Wildman–Crippen MR) is 132 cm³/mol. The normalized spacial score (nSPS) is 48.5. The Morgan fingerprint density at radius 2 is 1.89 bits per heavy atom. The number of carbonyl (C=O) groups is 3. The first-order valence-corrected chi connectivity index (χ1v) is 13.6. The fraction of sp³-hybridized carbons (Fsp3) is 0.750. The summed E-state index contributed by atoms with van der Waals surface area (Å²) in [5.41, 5.74) is -3.23. The van der Waals surface area contributed by atoms with Crippen molar-refractivity contribution in [1.29, 1.82) is 0 Å². The van der Waals surface area contributed by atoms with Crippen LogP contribution in [-0.2, 0) is 23.9 Å². The Labute approximate surface area is 217 Å². The summed E-state index contributed by atoms with van der Waals surface area (Å²) in [5.74, 6) is -1.26. The van der Waals surface area contributed by atoms with Crippen molar-refractivity contribution >= 4 is 29.3 Å². The van der Waals surface area contributed by atoms with Crippen LogP contribution in [0.2, 0.25) is 0 Å². The summed E-state index contributed by atoms with van der Waals surface area (Å²) in [7, 11) is 0. The minimum atomic E-state index is -1.54. The van der Waals surface area contributed by atoms with Crippen LogP contribution >= 0.6 is 11.6 Å². The second kappa shape index (κ2) is 8.15. The first-order valence-electron chi connectivity index (χ1n) is 13.3. The quantitative estimate of drug-likeness (QED) is 0.420. The van der Waals surface area contributed by atoms with E-state index in [0.29, 0.717) is 19.3 Å². The summed E-state index contributed by atoms with van der Waals surface area (Å²) in [4.78, 5) is 35.8. The number of hydrogen-bond acceptors (Lipinski definition) is 7.